The smallest absolute Gasteiger partial charge is 0.411 e. The number of anilines is 1. The standard InChI is InChI=1S/C25H34F3N5O3/c26-25(27,28)17-36-15-14-33(13-9-20(24(34)35)16-22-8-11-29-18-31-22)12-2-1-5-21-7-6-19-4-3-10-30-23(19)32-21/h6-8,11,18,20H,1-5,9-10,12-17H2,(H,30,32)(H,34,35)/t20-/m1/s1. The van der Waals surface area contributed by atoms with E-state index in [0.29, 0.717) is 31.7 Å². The quantitative estimate of drug-likeness (QED) is 0.350. The van der Waals surface area contributed by atoms with Gasteiger partial charge < -0.3 is 20.1 Å². The van der Waals surface area contributed by atoms with E-state index < -0.39 is 24.7 Å². The second-order valence-corrected chi connectivity index (χ2v) is 9.04. The maximum Gasteiger partial charge on any atom is 0.411 e. The normalized spacial score (nSPS) is 14.3. The predicted molar refractivity (Wildman–Crippen MR) is 129 cm³/mol. The van der Waals surface area contributed by atoms with Crippen LogP contribution in [-0.4, -0.2) is 76.5 Å². The topological polar surface area (TPSA) is 100 Å². The molecule has 0 fully saturated rings. The first-order chi connectivity index (χ1) is 17.3. The number of hydrogen-bond acceptors (Lipinski definition) is 7. The monoisotopic (exact) mass is 509 g/mol. The van der Waals surface area contributed by atoms with Crippen molar-refractivity contribution in [2.24, 2.45) is 5.92 Å². The number of carbonyl (C=O) groups is 1. The summed E-state index contributed by atoms with van der Waals surface area (Å²) in [6.07, 6.45) is 3.85. The van der Waals surface area contributed by atoms with E-state index in [1.165, 1.54) is 11.9 Å². The van der Waals surface area contributed by atoms with Crippen LogP contribution in [0.2, 0.25) is 0 Å². The van der Waals surface area contributed by atoms with Crippen molar-refractivity contribution in [2.45, 2.75) is 51.1 Å². The van der Waals surface area contributed by atoms with Crippen molar-refractivity contribution in [2.75, 3.05) is 44.7 Å². The number of aryl methyl sites for hydroxylation is 2. The number of unbranched alkanes of at least 4 members (excludes halogenated alkanes) is 1. The minimum atomic E-state index is -4.37. The third-order valence-corrected chi connectivity index (χ3v) is 6.17. The molecule has 0 aliphatic carbocycles. The van der Waals surface area contributed by atoms with Gasteiger partial charge in [0, 0.05) is 37.1 Å². The van der Waals surface area contributed by atoms with Crippen molar-refractivity contribution in [1.82, 2.24) is 19.9 Å². The summed E-state index contributed by atoms with van der Waals surface area (Å²) >= 11 is 0. The number of halogens is 3. The highest BCUT2D eigenvalue weighted by Crippen LogP contribution is 2.20. The van der Waals surface area contributed by atoms with Gasteiger partial charge in [-0.3, -0.25) is 4.79 Å². The lowest BCUT2D eigenvalue weighted by Crippen LogP contribution is -2.33. The van der Waals surface area contributed by atoms with Crippen LogP contribution < -0.4 is 5.32 Å². The Morgan fingerprint density at radius 1 is 1.17 bits per heavy atom. The Balaban J connectivity index is 1.49. The summed E-state index contributed by atoms with van der Waals surface area (Å²) in [6, 6.07) is 5.86. The van der Waals surface area contributed by atoms with Gasteiger partial charge in [0.25, 0.3) is 0 Å². The largest absolute Gasteiger partial charge is 0.481 e. The van der Waals surface area contributed by atoms with Crippen LogP contribution in [0.1, 0.15) is 42.6 Å². The molecule has 0 saturated carbocycles. The molecule has 2 aromatic heterocycles. The molecule has 198 valence electrons. The van der Waals surface area contributed by atoms with Crippen molar-refractivity contribution in [3.8, 4) is 0 Å². The average molecular weight is 510 g/mol. The molecule has 0 aromatic carbocycles. The predicted octanol–water partition coefficient (Wildman–Crippen LogP) is 3.77. The molecular weight excluding hydrogens is 475 g/mol. The van der Waals surface area contributed by atoms with Gasteiger partial charge in [-0.15, -0.1) is 0 Å². The average Bonchev–Trinajstić information content (AvgIpc) is 2.86. The summed E-state index contributed by atoms with van der Waals surface area (Å²) < 4.78 is 42.1. The molecule has 0 radical (unpaired) electrons. The molecule has 2 N–H and O–H groups in total. The molecule has 1 aliphatic rings. The van der Waals surface area contributed by atoms with Gasteiger partial charge in [-0.05, 0) is 69.3 Å². The summed E-state index contributed by atoms with van der Waals surface area (Å²) in [5.74, 6) is -0.606. The Kier molecular flexibility index (Phi) is 10.9. The van der Waals surface area contributed by atoms with E-state index in [2.05, 4.69) is 27.4 Å². The Labute approximate surface area is 209 Å². The lowest BCUT2D eigenvalue weighted by atomic mass is 9.99. The lowest BCUT2D eigenvalue weighted by molar-refractivity contribution is -0.174. The SMILES string of the molecule is O=C(O)[C@H](CCN(CCCCc1ccc2c(n1)NCCC2)CCOCC(F)(F)F)Cc1ccncn1. The Hall–Kier alpha value is -2.79. The number of carboxylic acids is 1. The number of carboxylic acid groups (broad SMARTS) is 1. The third kappa shape index (κ3) is 10.1. The number of alkyl halides is 3. The number of pyridine rings is 1. The van der Waals surface area contributed by atoms with Crippen molar-refractivity contribution in [3.05, 3.63) is 47.7 Å². The number of ether oxygens (including phenoxy) is 1. The molecule has 0 unspecified atom stereocenters. The summed E-state index contributed by atoms with van der Waals surface area (Å²) in [7, 11) is 0. The maximum absolute atomic E-state index is 12.4. The van der Waals surface area contributed by atoms with Crippen LogP contribution >= 0.6 is 0 Å². The molecule has 11 heteroatoms. The molecule has 0 spiro atoms. The lowest BCUT2D eigenvalue weighted by Gasteiger charge is -2.24. The third-order valence-electron chi connectivity index (χ3n) is 6.17. The first kappa shape index (κ1) is 27.8. The fraction of sp³-hybridized carbons (Fsp3) is 0.600. The van der Waals surface area contributed by atoms with E-state index in [9.17, 15) is 23.1 Å². The highest BCUT2D eigenvalue weighted by Gasteiger charge is 2.27. The zero-order valence-electron chi connectivity index (χ0n) is 20.3. The fourth-order valence-corrected chi connectivity index (χ4v) is 4.21. The first-order valence-electron chi connectivity index (χ1n) is 12.4. The van der Waals surface area contributed by atoms with Crippen molar-refractivity contribution in [3.63, 3.8) is 0 Å². The second kappa shape index (κ2) is 14.1. The van der Waals surface area contributed by atoms with Gasteiger partial charge in [0.15, 0.2) is 0 Å². The number of aromatic nitrogens is 3. The molecule has 0 bridgehead atoms. The van der Waals surface area contributed by atoms with E-state index in [4.69, 9.17) is 9.72 Å². The van der Waals surface area contributed by atoms with Crippen LogP contribution in [0.15, 0.2) is 30.7 Å². The maximum atomic E-state index is 12.4. The molecule has 0 saturated heterocycles. The van der Waals surface area contributed by atoms with Gasteiger partial charge in [0.1, 0.15) is 18.8 Å². The Bertz CT molecular complexity index is 946. The van der Waals surface area contributed by atoms with E-state index in [-0.39, 0.29) is 13.0 Å². The van der Waals surface area contributed by atoms with Crippen molar-refractivity contribution in [1.29, 1.82) is 0 Å². The van der Waals surface area contributed by atoms with Gasteiger partial charge in [0.05, 0.1) is 12.5 Å². The van der Waals surface area contributed by atoms with Crippen LogP contribution in [0.4, 0.5) is 19.0 Å². The molecular formula is C25H34F3N5O3. The van der Waals surface area contributed by atoms with Gasteiger partial charge in [0.2, 0.25) is 0 Å². The Morgan fingerprint density at radius 3 is 2.78 bits per heavy atom. The first-order valence-corrected chi connectivity index (χ1v) is 12.4. The molecule has 1 aliphatic heterocycles. The van der Waals surface area contributed by atoms with E-state index in [1.54, 1.807) is 12.3 Å². The number of nitrogens with zero attached hydrogens (tertiary/aromatic N) is 4. The second-order valence-electron chi connectivity index (χ2n) is 9.04. The van der Waals surface area contributed by atoms with Gasteiger partial charge in [-0.1, -0.05) is 6.07 Å². The highest BCUT2D eigenvalue weighted by molar-refractivity contribution is 5.70. The zero-order valence-corrected chi connectivity index (χ0v) is 20.3. The number of fused-ring (bicyclic) bond motifs is 1. The van der Waals surface area contributed by atoms with Crippen molar-refractivity contribution < 1.29 is 27.8 Å². The molecule has 8 nitrogen and oxygen atoms in total. The number of rotatable bonds is 15. The molecule has 0 amide bonds. The van der Waals surface area contributed by atoms with Crippen LogP contribution in [0, 0.1) is 5.92 Å². The summed E-state index contributed by atoms with van der Waals surface area (Å²) in [6.45, 7) is 0.961. The van der Waals surface area contributed by atoms with E-state index in [0.717, 1.165) is 50.2 Å². The van der Waals surface area contributed by atoms with Crippen molar-refractivity contribution >= 4 is 11.8 Å². The minimum Gasteiger partial charge on any atom is -0.481 e. The van der Waals surface area contributed by atoms with Gasteiger partial charge >= 0.3 is 12.1 Å². The van der Waals surface area contributed by atoms with Crippen LogP contribution in [0.5, 0.6) is 0 Å². The molecule has 2 aromatic rings. The molecule has 36 heavy (non-hydrogen) atoms. The highest BCUT2D eigenvalue weighted by atomic mass is 19.4. The Morgan fingerprint density at radius 2 is 2.03 bits per heavy atom. The molecule has 3 heterocycles. The van der Waals surface area contributed by atoms with Gasteiger partial charge in [-0.2, -0.15) is 13.2 Å². The molecule has 3 rings (SSSR count). The summed E-state index contributed by atoms with van der Waals surface area (Å²) in [5, 5.41) is 13.0. The van der Waals surface area contributed by atoms with Crippen LogP contribution in [-0.2, 0) is 28.8 Å². The zero-order chi connectivity index (χ0) is 25.8. The van der Waals surface area contributed by atoms with Crippen LogP contribution in [0.25, 0.3) is 0 Å². The summed E-state index contributed by atoms with van der Waals surface area (Å²) in [5.41, 5.74) is 2.90. The number of aliphatic carboxylic acids is 1. The number of hydrogen-bond donors (Lipinski definition) is 2. The van der Waals surface area contributed by atoms with E-state index in [1.807, 2.05) is 4.90 Å². The number of nitrogens with one attached hydrogen (secondary N) is 1. The van der Waals surface area contributed by atoms with E-state index >= 15 is 0 Å². The molecule has 1 atom stereocenters. The minimum absolute atomic E-state index is 0.0682. The summed E-state index contributed by atoms with van der Waals surface area (Å²) in [4.78, 5) is 26.4. The van der Waals surface area contributed by atoms with Gasteiger partial charge in [-0.25, -0.2) is 15.0 Å². The fourth-order valence-electron chi connectivity index (χ4n) is 4.21. The van der Waals surface area contributed by atoms with Crippen LogP contribution in [0.3, 0.4) is 0 Å².